The Morgan fingerprint density at radius 1 is 1.37 bits per heavy atom. The lowest BCUT2D eigenvalue weighted by Gasteiger charge is -2.31. The van der Waals surface area contributed by atoms with Gasteiger partial charge in [0.15, 0.2) is 6.61 Å². The van der Waals surface area contributed by atoms with Gasteiger partial charge in [-0.3, -0.25) is 19.3 Å². The van der Waals surface area contributed by atoms with Gasteiger partial charge >= 0.3 is 12.1 Å². The van der Waals surface area contributed by atoms with E-state index in [9.17, 15) is 27.6 Å². The third-order valence-electron chi connectivity index (χ3n) is 3.51. The van der Waals surface area contributed by atoms with Crippen molar-refractivity contribution < 1.29 is 37.0 Å². The Bertz CT molecular complexity index is 741. The first kappa shape index (κ1) is 21.0. The zero-order chi connectivity index (χ0) is 20.2. The number of amides is 2. The number of benzene rings is 1. The summed E-state index contributed by atoms with van der Waals surface area (Å²) in [6, 6.07) is 4.68. The van der Waals surface area contributed by atoms with Gasteiger partial charge in [0.2, 0.25) is 5.91 Å². The van der Waals surface area contributed by atoms with Gasteiger partial charge in [-0.1, -0.05) is 15.9 Å². The van der Waals surface area contributed by atoms with Crippen LogP contribution in [0.4, 0.5) is 18.9 Å². The van der Waals surface area contributed by atoms with Crippen molar-refractivity contribution in [2.45, 2.75) is 13.1 Å². The smallest absolute Gasteiger partial charge is 0.406 e. The number of anilines is 1. The number of ether oxygens (including phenoxy) is 2. The predicted molar refractivity (Wildman–Crippen MR) is 91.3 cm³/mol. The molecule has 1 heterocycles. The second kappa shape index (κ2) is 8.59. The van der Waals surface area contributed by atoms with Crippen molar-refractivity contribution in [3.63, 3.8) is 0 Å². The number of alkyl halides is 3. The molecule has 27 heavy (non-hydrogen) atoms. The van der Waals surface area contributed by atoms with E-state index in [0.29, 0.717) is 15.1 Å². The lowest BCUT2D eigenvalue weighted by atomic mass is 10.2. The Hall–Kier alpha value is -2.30. The van der Waals surface area contributed by atoms with Crippen LogP contribution in [0.1, 0.15) is 6.92 Å². The number of carbonyl (C=O) groups excluding carboxylic acids is 3. The molecular weight excluding hydrogens is 437 g/mol. The number of fused-ring (bicyclic) bond motifs is 1. The molecule has 2 rings (SSSR count). The minimum atomic E-state index is -4.71. The Labute approximate surface area is 161 Å². The van der Waals surface area contributed by atoms with Gasteiger partial charge in [0.25, 0.3) is 5.91 Å². The normalized spacial score (nSPS) is 13.7. The first-order valence-electron chi connectivity index (χ1n) is 7.83. The van der Waals surface area contributed by atoms with Crippen LogP contribution >= 0.6 is 15.9 Å². The van der Waals surface area contributed by atoms with Gasteiger partial charge in [-0.05, 0) is 25.1 Å². The van der Waals surface area contributed by atoms with Crippen LogP contribution < -0.4 is 9.64 Å². The summed E-state index contributed by atoms with van der Waals surface area (Å²) in [6.45, 7) is -2.04. The molecule has 1 aromatic rings. The van der Waals surface area contributed by atoms with E-state index in [1.165, 1.54) is 13.0 Å². The van der Waals surface area contributed by atoms with Crippen molar-refractivity contribution in [3.8, 4) is 5.75 Å². The summed E-state index contributed by atoms with van der Waals surface area (Å²) in [4.78, 5) is 37.4. The topological polar surface area (TPSA) is 76.2 Å². The van der Waals surface area contributed by atoms with Crippen LogP contribution in [-0.4, -0.2) is 61.7 Å². The lowest BCUT2D eigenvalue weighted by Crippen LogP contribution is -2.50. The van der Waals surface area contributed by atoms with Crippen LogP contribution in [0.25, 0.3) is 0 Å². The molecule has 1 aromatic carbocycles. The average molecular weight is 453 g/mol. The van der Waals surface area contributed by atoms with Gasteiger partial charge in [0, 0.05) is 4.47 Å². The molecule has 0 fully saturated rings. The van der Waals surface area contributed by atoms with Gasteiger partial charge in [-0.15, -0.1) is 0 Å². The second-order valence-corrected chi connectivity index (χ2v) is 6.47. The average Bonchev–Trinajstić information content (AvgIpc) is 2.55. The van der Waals surface area contributed by atoms with Gasteiger partial charge in [-0.25, -0.2) is 0 Å². The number of hydrogen-bond donors (Lipinski definition) is 0. The van der Waals surface area contributed by atoms with Crippen LogP contribution in [-0.2, 0) is 19.1 Å². The molecule has 1 aliphatic rings. The molecule has 0 spiro atoms. The zero-order valence-electron chi connectivity index (χ0n) is 14.2. The molecule has 0 saturated heterocycles. The van der Waals surface area contributed by atoms with Crippen molar-refractivity contribution >= 4 is 39.4 Å². The largest absolute Gasteiger partial charge is 0.482 e. The third kappa shape index (κ3) is 5.84. The van der Waals surface area contributed by atoms with E-state index < -0.39 is 43.6 Å². The summed E-state index contributed by atoms with van der Waals surface area (Å²) in [5, 5.41) is 0. The molecule has 2 amide bonds. The fourth-order valence-electron chi connectivity index (χ4n) is 2.40. The molecule has 0 aliphatic carbocycles. The van der Waals surface area contributed by atoms with E-state index in [-0.39, 0.29) is 18.9 Å². The summed E-state index contributed by atoms with van der Waals surface area (Å²) in [5.74, 6) is -2.27. The highest BCUT2D eigenvalue weighted by Gasteiger charge is 2.36. The molecular formula is C16H16BrF3N2O5. The van der Waals surface area contributed by atoms with Gasteiger partial charge < -0.3 is 14.4 Å². The maximum Gasteiger partial charge on any atom is 0.406 e. The van der Waals surface area contributed by atoms with Crippen LogP contribution in [0, 0.1) is 0 Å². The van der Waals surface area contributed by atoms with Gasteiger partial charge in [0.05, 0.1) is 12.3 Å². The molecule has 0 saturated carbocycles. The fourth-order valence-corrected chi connectivity index (χ4v) is 2.74. The van der Waals surface area contributed by atoms with Crippen molar-refractivity contribution in [1.29, 1.82) is 0 Å². The molecule has 0 bridgehead atoms. The standard InChI is InChI=1S/C16H16BrF3N2O5/c1-2-26-15(25)7-21(9-16(18,19)20)13(23)6-22-11-4-3-10(17)5-12(11)27-8-14(22)24/h3-5H,2,6-9H2,1H3. The van der Waals surface area contributed by atoms with Crippen molar-refractivity contribution in [2.24, 2.45) is 0 Å². The van der Waals surface area contributed by atoms with Crippen molar-refractivity contribution in [1.82, 2.24) is 4.90 Å². The summed E-state index contributed by atoms with van der Waals surface area (Å²) in [7, 11) is 0. The maximum absolute atomic E-state index is 12.8. The number of esters is 1. The predicted octanol–water partition coefficient (Wildman–Crippen LogP) is 2.13. The Balaban J connectivity index is 2.20. The number of carbonyl (C=O) groups is 3. The Morgan fingerprint density at radius 3 is 2.70 bits per heavy atom. The number of nitrogens with zero attached hydrogens (tertiary/aromatic N) is 2. The van der Waals surface area contributed by atoms with E-state index in [0.717, 1.165) is 4.90 Å². The Morgan fingerprint density at radius 2 is 2.07 bits per heavy atom. The highest BCUT2D eigenvalue weighted by atomic mass is 79.9. The molecule has 7 nitrogen and oxygen atoms in total. The van der Waals surface area contributed by atoms with Crippen LogP contribution in [0.2, 0.25) is 0 Å². The number of halogens is 4. The number of rotatable bonds is 6. The molecule has 0 radical (unpaired) electrons. The zero-order valence-corrected chi connectivity index (χ0v) is 15.8. The van der Waals surface area contributed by atoms with E-state index >= 15 is 0 Å². The molecule has 1 aliphatic heterocycles. The van der Waals surface area contributed by atoms with Crippen molar-refractivity contribution in [3.05, 3.63) is 22.7 Å². The van der Waals surface area contributed by atoms with Crippen molar-refractivity contribution in [2.75, 3.05) is 37.7 Å². The quantitative estimate of drug-likeness (QED) is 0.618. The minimum Gasteiger partial charge on any atom is -0.482 e. The molecule has 0 unspecified atom stereocenters. The molecule has 148 valence electrons. The van der Waals surface area contributed by atoms with Crippen LogP contribution in [0.5, 0.6) is 5.75 Å². The summed E-state index contributed by atoms with van der Waals surface area (Å²) >= 11 is 3.24. The first-order chi connectivity index (χ1) is 12.6. The molecule has 0 N–H and O–H groups in total. The molecule has 0 aromatic heterocycles. The first-order valence-corrected chi connectivity index (χ1v) is 8.63. The summed E-state index contributed by atoms with van der Waals surface area (Å²) < 4.78 is 48.9. The minimum absolute atomic E-state index is 0.0307. The van der Waals surface area contributed by atoms with E-state index in [1.807, 2.05) is 0 Å². The SMILES string of the molecule is CCOC(=O)CN(CC(F)(F)F)C(=O)CN1C(=O)COc2cc(Br)ccc21. The fraction of sp³-hybridized carbons (Fsp3) is 0.438. The second-order valence-electron chi connectivity index (χ2n) is 5.55. The highest BCUT2D eigenvalue weighted by molar-refractivity contribution is 9.10. The van der Waals surface area contributed by atoms with Gasteiger partial charge in [0.1, 0.15) is 25.4 Å². The summed E-state index contributed by atoms with van der Waals surface area (Å²) in [6.07, 6.45) is -4.71. The maximum atomic E-state index is 12.8. The van der Waals surface area contributed by atoms with Crippen LogP contribution in [0.3, 0.4) is 0 Å². The summed E-state index contributed by atoms with van der Waals surface area (Å²) in [5.41, 5.74) is 0.255. The van der Waals surface area contributed by atoms with E-state index in [1.54, 1.807) is 12.1 Å². The van der Waals surface area contributed by atoms with E-state index in [4.69, 9.17) is 4.74 Å². The highest BCUT2D eigenvalue weighted by Crippen LogP contribution is 2.34. The van der Waals surface area contributed by atoms with E-state index in [2.05, 4.69) is 20.7 Å². The van der Waals surface area contributed by atoms with Gasteiger partial charge in [-0.2, -0.15) is 13.2 Å². The van der Waals surface area contributed by atoms with Crippen LogP contribution in [0.15, 0.2) is 22.7 Å². The Kier molecular flexibility index (Phi) is 6.68. The monoisotopic (exact) mass is 452 g/mol. The third-order valence-corrected chi connectivity index (χ3v) is 4.00. The molecule has 11 heteroatoms. The number of hydrogen-bond acceptors (Lipinski definition) is 5. The molecule has 0 atom stereocenters. The lowest BCUT2D eigenvalue weighted by molar-refractivity contribution is -0.166.